The molecule has 4 heteroatoms. The van der Waals surface area contributed by atoms with E-state index < -0.39 is 5.97 Å². The van der Waals surface area contributed by atoms with Gasteiger partial charge in [-0.15, -0.1) is 0 Å². The van der Waals surface area contributed by atoms with Crippen LogP contribution in [0.1, 0.15) is 30.1 Å². The summed E-state index contributed by atoms with van der Waals surface area (Å²) in [7, 11) is 0. The topological polar surface area (TPSA) is 40.5 Å². The van der Waals surface area contributed by atoms with E-state index in [1.54, 1.807) is 6.07 Å². The fourth-order valence-corrected chi connectivity index (χ4v) is 2.54. The zero-order chi connectivity index (χ0) is 12.4. The Morgan fingerprint density at radius 3 is 2.94 bits per heavy atom. The molecule has 1 saturated heterocycles. The summed E-state index contributed by atoms with van der Waals surface area (Å²) in [5.74, 6) is -0.304. The van der Waals surface area contributed by atoms with Crippen molar-refractivity contribution >= 4 is 23.3 Å². The molecule has 17 heavy (non-hydrogen) atoms. The van der Waals surface area contributed by atoms with Crippen LogP contribution >= 0.6 is 11.6 Å². The van der Waals surface area contributed by atoms with E-state index in [-0.39, 0.29) is 0 Å². The summed E-state index contributed by atoms with van der Waals surface area (Å²) in [5, 5.41) is 9.67. The normalized spacial score (nSPS) is 20.4. The predicted octanol–water partition coefficient (Wildman–Crippen LogP) is 3.27. The second kappa shape index (κ2) is 4.96. The number of halogens is 1. The number of carboxylic acid groups (broad SMARTS) is 1. The Morgan fingerprint density at radius 2 is 2.29 bits per heavy atom. The van der Waals surface area contributed by atoms with Crippen LogP contribution in [-0.2, 0) is 0 Å². The van der Waals surface area contributed by atoms with Crippen molar-refractivity contribution in [2.24, 2.45) is 5.92 Å². The van der Waals surface area contributed by atoms with E-state index in [0.717, 1.165) is 25.2 Å². The first-order chi connectivity index (χ1) is 8.08. The van der Waals surface area contributed by atoms with E-state index in [2.05, 4.69) is 11.8 Å². The van der Waals surface area contributed by atoms with Crippen LogP contribution in [0.4, 0.5) is 5.69 Å². The average Bonchev–Trinajstić information content (AvgIpc) is 2.28. The summed E-state index contributed by atoms with van der Waals surface area (Å²) in [4.78, 5) is 13.4. The van der Waals surface area contributed by atoms with Gasteiger partial charge in [0.15, 0.2) is 0 Å². The lowest BCUT2D eigenvalue weighted by Gasteiger charge is -2.33. The van der Waals surface area contributed by atoms with Crippen LogP contribution in [0.15, 0.2) is 18.2 Å². The van der Waals surface area contributed by atoms with Gasteiger partial charge in [-0.2, -0.15) is 0 Å². The number of nitrogens with zero attached hydrogens (tertiary/aromatic N) is 1. The van der Waals surface area contributed by atoms with Crippen LogP contribution in [0.2, 0.25) is 5.02 Å². The van der Waals surface area contributed by atoms with E-state index in [9.17, 15) is 9.90 Å². The summed E-state index contributed by atoms with van der Waals surface area (Å²) in [5.41, 5.74) is 1.08. The van der Waals surface area contributed by atoms with Crippen LogP contribution in [-0.4, -0.2) is 24.2 Å². The Balaban J connectivity index is 2.33. The Kier molecular flexibility index (Phi) is 3.57. The second-order valence-corrected chi connectivity index (χ2v) is 5.10. The van der Waals surface area contributed by atoms with Crippen LogP contribution in [0, 0.1) is 5.92 Å². The highest BCUT2D eigenvalue weighted by Gasteiger charge is 2.21. The van der Waals surface area contributed by atoms with Gasteiger partial charge in [-0.3, -0.25) is 0 Å². The van der Waals surface area contributed by atoms with Gasteiger partial charge in [0.25, 0.3) is 0 Å². The number of carboxylic acids is 1. The van der Waals surface area contributed by atoms with Gasteiger partial charge >= 0.3 is 5.97 Å². The maximum absolute atomic E-state index is 11.2. The number of benzene rings is 1. The average molecular weight is 254 g/mol. The summed E-state index contributed by atoms with van der Waals surface area (Å²) < 4.78 is 0. The monoisotopic (exact) mass is 253 g/mol. The van der Waals surface area contributed by atoms with Gasteiger partial charge in [0.1, 0.15) is 0 Å². The highest BCUT2D eigenvalue weighted by molar-refractivity contribution is 6.31. The number of carbonyl (C=O) groups is 1. The van der Waals surface area contributed by atoms with E-state index in [0.29, 0.717) is 16.5 Å². The maximum Gasteiger partial charge on any atom is 0.337 e. The second-order valence-electron chi connectivity index (χ2n) is 4.66. The van der Waals surface area contributed by atoms with E-state index in [1.807, 2.05) is 6.07 Å². The zero-order valence-electron chi connectivity index (χ0n) is 9.82. The molecular formula is C13H16ClNO2. The molecule has 1 heterocycles. The van der Waals surface area contributed by atoms with Crippen molar-refractivity contribution in [2.45, 2.75) is 19.8 Å². The Morgan fingerprint density at radius 1 is 1.53 bits per heavy atom. The zero-order valence-corrected chi connectivity index (χ0v) is 10.6. The molecule has 0 radical (unpaired) electrons. The summed E-state index contributed by atoms with van der Waals surface area (Å²) in [6.45, 7) is 4.04. The molecule has 0 spiro atoms. The molecule has 92 valence electrons. The molecule has 0 aromatic heterocycles. The molecule has 1 aromatic rings. The molecule has 0 aliphatic carbocycles. The first-order valence-electron chi connectivity index (χ1n) is 5.85. The number of piperidine rings is 1. The molecule has 1 fully saturated rings. The van der Waals surface area contributed by atoms with Gasteiger partial charge in [-0.1, -0.05) is 18.5 Å². The van der Waals surface area contributed by atoms with Crippen molar-refractivity contribution in [1.82, 2.24) is 0 Å². The maximum atomic E-state index is 11.2. The van der Waals surface area contributed by atoms with Crippen LogP contribution in [0.5, 0.6) is 0 Å². The van der Waals surface area contributed by atoms with Gasteiger partial charge in [0.2, 0.25) is 0 Å². The van der Waals surface area contributed by atoms with Gasteiger partial charge in [0.05, 0.1) is 11.3 Å². The Bertz CT molecular complexity index is 433. The Hall–Kier alpha value is -1.22. The Labute approximate surface area is 106 Å². The number of rotatable bonds is 2. The molecule has 0 bridgehead atoms. The fraction of sp³-hybridized carbons (Fsp3) is 0.462. The largest absolute Gasteiger partial charge is 0.478 e. The minimum Gasteiger partial charge on any atom is -0.478 e. The van der Waals surface area contributed by atoms with Gasteiger partial charge in [-0.05, 0) is 37.0 Å². The highest BCUT2D eigenvalue weighted by Crippen LogP contribution is 2.28. The molecule has 1 aromatic carbocycles. The molecule has 0 saturated carbocycles. The molecule has 0 unspecified atom stereocenters. The van der Waals surface area contributed by atoms with E-state index >= 15 is 0 Å². The van der Waals surface area contributed by atoms with Gasteiger partial charge in [-0.25, -0.2) is 4.79 Å². The standard InChI is InChI=1S/C13H16ClNO2/c1-9-3-2-6-15(8-9)12-5-4-10(14)7-11(12)13(16)17/h4-5,7,9H,2-3,6,8H2,1H3,(H,16,17)/t9-/m0/s1. The first-order valence-corrected chi connectivity index (χ1v) is 6.23. The molecule has 1 aliphatic rings. The lowest BCUT2D eigenvalue weighted by Crippen LogP contribution is -2.35. The van der Waals surface area contributed by atoms with Gasteiger partial charge < -0.3 is 10.0 Å². The smallest absolute Gasteiger partial charge is 0.337 e. The van der Waals surface area contributed by atoms with Crippen molar-refractivity contribution in [1.29, 1.82) is 0 Å². The third-order valence-electron chi connectivity index (χ3n) is 3.19. The number of hydrogen-bond acceptors (Lipinski definition) is 2. The minimum absolute atomic E-state index is 0.298. The van der Waals surface area contributed by atoms with E-state index in [4.69, 9.17) is 11.6 Å². The fourth-order valence-electron chi connectivity index (χ4n) is 2.36. The summed E-state index contributed by atoms with van der Waals surface area (Å²) in [6.07, 6.45) is 2.33. The van der Waals surface area contributed by atoms with Crippen molar-refractivity contribution in [3.63, 3.8) is 0 Å². The molecule has 0 amide bonds. The van der Waals surface area contributed by atoms with Gasteiger partial charge in [0, 0.05) is 18.1 Å². The van der Waals surface area contributed by atoms with E-state index in [1.165, 1.54) is 12.5 Å². The number of anilines is 1. The molecule has 1 aliphatic heterocycles. The first kappa shape index (κ1) is 12.2. The number of aromatic carboxylic acids is 1. The quantitative estimate of drug-likeness (QED) is 0.879. The number of hydrogen-bond donors (Lipinski definition) is 1. The van der Waals surface area contributed by atoms with Crippen LogP contribution in [0.25, 0.3) is 0 Å². The molecule has 2 rings (SSSR count). The molecular weight excluding hydrogens is 238 g/mol. The minimum atomic E-state index is -0.916. The molecule has 3 nitrogen and oxygen atoms in total. The third kappa shape index (κ3) is 2.72. The lowest BCUT2D eigenvalue weighted by molar-refractivity contribution is 0.0697. The lowest BCUT2D eigenvalue weighted by atomic mass is 9.99. The molecule has 1 N–H and O–H groups in total. The predicted molar refractivity (Wildman–Crippen MR) is 69.0 cm³/mol. The highest BCUT2D eigenvalue weighted by atomic mass is 35.5. The summed E-state index contributed by atoms with van der Waals surface area (Å²) >= 11 is 5.85. The van der Waals surface area contributed by atoms with Crippen molar-refractivity contribution < 1.29 is 9.90 Å². The summed E-state index contributed by atoms with van der Waals surface area (Å²) in [6, 6.07) is 5.09. The van der Waals surface area contributed by atoms with Crippen LogP contribution < -0.4 is 4.90 Å². The van der Waals surface area contributed by atoms with Crippen molar-refractivity contribution in [3.05, 3.63) is 28.8 Å². The van der Waals surface area contributed by atoms with Crippen molar-refractivity contribution in [3.8, 4) is 0 Å². The van der Waals surface area contributed by atoms with Crippen molar-refractivity contribution in [2.75, 3.05) is 18.0 Å². The third-order valence-corrected chi connectivity index (χ3v) is 3.42. The SMILES string of the molecule is C[C@H]1CCCN(c2ccc(Cl)cc2C(=O)O)C1. The van der Waals surface area contributed by atoms with Crippen LogP contribution in [0.3, 0.4) is 0 Å². The molecule has 1 atom stereocenters.